The van der Waals surface area contributed by atoms with Gasteiger partial charge in [0, 0.05) is 5.69 Å². The van der Waals surface area contributed by atoms with Gasteiger partial charge in [0.15, 0.2) is 0 Å². The number of hydrogen-bond acceptors (Lipinski definition) is 6. The molecule has 34 heavy (non-hydrogen) atoms. The zero-order valence-corrected chi connectivity index (χ0v) is 19.3. The number of carbonyl (C=O) groups is 1. The van der Waals surface area contributed by atoms with Crippen LogP contribution < -0.4 is 10.0 Å². The molecular weight excluding hydrogens is 513 g/mol. The van der Waals surface area contributed by atoms with Gasteiger partial charge in [-0.2, -0.15) is 26.6 Å². The lowest BCUT2D eigenvalue weighted by atomic mass is 10.1. The minimum Gasteiger partial charge on any atom is -0.324 e. The molecule has 3 aromatic carbocycles. The molecule has 0 bridgehead atoms. The lowest BCUT2D eigenvalue weighted by Crippen LogP contribution is -2.37. The zero-order valence-electron chi connectivity index (χ0n) is 16.9. The van der Waals surface area contributed by atoms with E-state index in [0.29, 0.717) is 11.6 Å². The minimum absolute atomic E-state index is 0.139. The number of alkyl halides is 3. The smallest absolute Gasteiger partial charge is 0.324 e. The van der Waals surface area contributed by atoms with Crippen molar-refractivity contribution >= 4 is 56.0 Å². The molecule has 0 spiro atoms. The molecule has 7 nitrogen and oxygen atoms in total. The number of nitrogens with one attached hydrogen (secondary N) is 2. The molecule has 1 atom stereocenters. The van der Waals surface area contributed by atoms with Gasteiger partial charge < -0.3 is 5.32 Å². The quantitative estimate of drug-likeness (QED) is 0.367. The van der Waals surface area contributed by atoms with Crippen LogP contribution in [0.4, 0.5) is 18.9 Å². The van der Waals surface area contributed by atoms with Crippen LogP contribution in [0.25, 0.3) is 11.0 Å². The molecule has 4 aromatic rings. The van der Waals surface area contributed by atoms with E-state index in [2.05, 4.69) is 18.8 Å². The average molecular weight is 527 g/mol. The Morgan fingerprint density at radius 2 is 1.74 bits per heavy atom. The Hall–Kier alpha value is -3.06. The van der Waals surface area contributed by atoms with Gasteiger partial charge in [0.05, 0.1) is 22.3 Å². The summed E-state index contributed by atoms with van der Waals surface area (Å²) in [7, 11) is -4.29. The van der Waals surface area contributed by atoms with Crippen molar-refractivity contribution in [3.8, 4) is 0 Å². The van der Waals surface area contributed by atoms with Crippen molar-refractivity contribution in [2.75, 3.05) is 5.32 Å². The Kier molecular flexibility index (Phi) is 6.58. The summed E-state index contributed by atoms with van der Waals surface area (Å²) in [5.41, 5.74) is -0.550. The Balaban J connectivity index is 1.69. The maximum Gasteiger partial charge on any atom is 0.417 e. The van der Waals surface area contributed by atoms with Crippen molar-refractivity contribution in [3.63, 3.8) is 0 Å². The number of hydrogen-bond donors (Lipinski definition) is 2. The second kappa shape index (κ2) is 9.29. The second-order valence-corrected chi connectivity index (χ2v) is 9.65. The summed E-state index contributed by atoms with van der Waals surface area (Å²) in [6, 6.07) is 13.7. The lowest BCUT2D eigenvalue weighted by molar-refractivity contribution is -0.137. The molecular formula is C21H14ClF3N4O3S2. The molecule has 1 aromatic heterocycles. The van der Waals surface area contributed by atoms with Crippen molar-refractivity contribution in [3.05, 3.63) is 82.9 Å². The van der Waals surface area contributed by atoms with E-state index in [-0.39, 0.29) is 21.7 Å². The number of carbonyl (C=O) groups excluding carboxylic acids is 1. The number of nitrogens with zero attached hydrogens (tertiary/aromatic N) is 2. The summed E-state index contributed by atoms with van der Waals surface area (Å²) in [6.07, 6.45) is -4.74. The van der Waals surface area contributed by atoms with Crippen molar-refractivity contribution in [2.45, 2.75) is 17.1 Å². The predicted molar refractivity (Wildman–Crippen MR) is 122 cm³/mol. The van der Waals surface area contributed by atoms with Crippen LogP contribution >= 0.6 is 23.3 Å². The standard InChI is InChI=1S/C21H14ClF3N4O3S2/c22-15-10-9-13(11-14(15)21(23,24)25)26-20(30)18(12-5-2-1-3-6-12)29-34(31,32)17-8-4-7-16-19(17)28-33-27-16/h1-11,18,29H,(H,26,30)/t18-/m0/s1. The first kappa shape index (κ1) is 24.1. The molecule has 13 heteroatoms. The number of fused-ring (bicyclic) bond motifs is 1. The molecule has 2 N–H and O–H groups in total. The number of sulfonamides is 1. The van der Waals surface area contributed by atoms with Gasteiger partial charge >= 0.3 is 6.18 Å². The Bertz CT molecular complexity index is 1460. The van der Waals surface area contributed by atoms with Gasteiger partial charge in [-0.05, 0) is 35.9 Å². The molecule has 0 aliphatic carbocycles. The highest BCUT2D eigenvalue weighted by Crippen LogP contribution is 2.36. The molecule has 0 aliphatic rings. The van der Waals surface area contributed by atoms with E-state index >= 15 is 0 Å². The SMILES string of the molecule is O=C(Nc1ccc(Cl)c(C(F)(F)F)c1)[C@@H](NS(=O)(=O)c1cccc2nsnc12)c1ccccc1. The molecule has 176 valence electrons. The van der Waals surface area contributed by atoms with Crippen molar-refractivity contribution in [1.82, 2.24) is 13.5 Å². The summed E-state index contributed by atoms with van der Waals surface area (Å²) >= 11 is 6.47. The molecule has 0 saturated heterocycles. The van der Waals surface area contributed by atoms with Crippen molar-refractivity contribution < 1.29 is 26.4 Å². The summed E-state index contributed by atoms with van der Waals surface area (Å²) in [5.74, 6) is -0.895. The molecule has 4 rings (SSSR count). The highest BCUT2D eigenvalue weighted by Gasteiger charge is 2.34. The first-order valence-electron chi connectivity index (χ1n) is 9.52. The van der Waals surface area contributed by atoms with Crippen LogP contribution in [-0.2, 0) is 21.0 Å². The van der Waals surface area contributed by atoms with E-state index in [1.807, 2.05) is 0 Å². The number of anilines is 1. The fourth-order valence-corrected chi connectivity index (χ4v) is 5.34. The number of benzene rings is 3. The van der Waals surface area contributed by atoms with Crippen LogP contribution in [0.1, 0.15) is 17.2 Å². The van der Waals surface area contributed by atoms with E-state index in [0.717, 1.165) is 17.8 Å². The van der Waals surface area contributed by atoms with E-state index in [4.69, 9.17) is 11.6 Å². The van der Waals surface area contributed by atoms with Crippen molar-refractivity contribution in [1.29, 1.82) is 0 Å². The van der Waals surface area contributed by atoms with Gasteiger partial charge in [-0.1, -0.05) is 48.0 Å². The summed E-state index contributed by atoms with van der Waals surface area (Å²) in [5, 5.41) is 1.80. The third-order valence-electron chi connectivity index (χ3n) is 4.75. The topological polar surface area (TPSA) is 101 Å². The number of aromatic nitrogens is 2. The first-order chi connectivity index (χ1) is 16.1. The molecule has 0 saturated carbocycles. The zero-order chi connectivity index (χ0) is 24.5. The lowest BCUT2D eigenvalue weighted by Gasteiger charge is -2.20. The first-order valence-corrected chi connectivity index (χ1v) is 12.1. The van der Waals surface area contributed by atoms with E-state index < -0.39 is 38.7 Å². The van der Waals surface area contributed by atoms with Gasteiger partial charge in [0.1, 0.15) is 22.0 Å². The summed E-state index contributed by atoms with van der Waals surface area (Å²) < 4.78 is 76.4. The molecule has 1 heterocycles. The Morgan fingerprint density at radius 1 is 1.00 bits per heavy atom. The van der Waals surface area contributed by atoms with Gasteiger partial charge in [0.25, 0.3) is 0 Å². The normalized spacial score (nSPS) is 13.1. The van der Waals surface area contributed by atoms with E-state index in [1.165, 1.54) is 30.3 Å². The van der Waals surface area contributed by atoms with Crippen molar-refractivity contribution in [2.24, 2.45) is 0 Å². The van der Waals surface area contributed by atoms with Crippen LogP contribution in [0.2, 0.25) is 5.02 Å². The fourth-order valence-electron chi connectivity index (χ4n) is 3.17. The predicted octanol–water partition coefficient (Wildman–Crippen LogP) is 5.02. The monoisotopic (exact) mass is 526 g/mol. The molecule has 0 unspecified atom stereocenters. The number of rotatable bonds is 6. The summed E-state index contributed by atoms with van der Waals surface area (Å²) in [6.45, 7) is 0. The molecule has 0 aliphatic heterocycles. The fraction of sp³-hybridized carbons (Fsp3) is 0.0952. The third-order valence-corrected chi connectivity index (χ3v) is 7.07. The third kappa shape index (κ3) is 5.04. The van der Waals surface area contributed by atoms with Crippen LogP contribution in [0.5, 0.6) is 0 Å². The van der Waals surface area contributed by atoms with E-state index in [9.17, 15) is 26.4 Å². The Morgan fingerprint density at radius 3 is 2.44 bits per heavy atom. The van der Waals surface area contributed by atoms with Gasteiger partial charge in [-0.3, -0.25) is 4.79 Å². The highest BCUT2D eigenvalue weighted by atomic mass is 35.5. The van der Waals surface area contributed by atoms with Crippen LogP contribution in [0.3, 0.4) is 0 Å². The minimum atomic E-state index is -4.74. The van der Waals surface area contributed by atoms with E-state index in [1.54, 1.807) is 24.3 Å². The molecule has 0 fully saturated rings. The van der Waals surface area contributed by atoms with Crippen LogP contribution in [0.15, 0.2) is 71.6 Å². The number of amides is 1. The number of halogens is 4. The highest BCUT2D eigenvalue weighted by molar-refractivity contribution is 7.89. The summed E-state index contributed by atoms with van der Waals surface area (Å²) in [4.78, 5) is 12.9. The molecule has 0 radical (unpaired) electrons. The maximum absolute atomic E-state index is 13.2. The van der Waals surface area contributed by atoms with Gasteiger partial charge in [0.2, 0.25) is 15.9 Å². The Labute approximate surface area is 201 Å². The molecule has 1 amide bonds. The maximum atomic E-state index is 13.2. The average Bonchev–Trinajstić information content (AvgIpc) is 3.27. The van der Waals surface area contributed by atoms with Gasteiger partial charge in [-0.15, -0.1) is 0 Å². The van der Waals surface area contributed by atoms with Crippen LogP contribution in [-0.4, -0.2) is 23.1 Å². The largest absolute Gasteiger partial charge is 0.417 e. The second-order valence-electron chi connectivity index (χ2n) is 7.03. The van der Waals surface area contributed by atoms with Gasteiger partial charge in [-0.25, -0.2) is 8.42 Å². The van der Waals surface area contributed by atoms with Crippen LogP contribution in [0, 0.1) is 0 Å².